The molecule has 0 atom stereocenters. The van der Waals surface area contributed by atoms with Crippen LogP contribution in [0.1, 0.15) is 19.5 Å². The summed E-state index contributed by atoms with van der Waals surface area (Å²) in [5, 5.41) is 0.678. The molecule has 96 valence electrons. The number of rotatable bonds is 1. The molecule has 0 spiro atoms. The van der Waals surface area contributed by atoms with Crippen molar-refractivity contribution in [3.63, 3.8) is 0 Å². The number of nitrogen functional groups attached to an aromatic ring is 1. The maximum Gasteiger partial charge on any atom is 0.138 e. The summed E-state index contributed by atoms with van der Waals surface area (Å²) in [5.74, 6) is 0. The molecule has 3 nitrogen and oxygen atoms in total. The summed E-state index contributed by atoms with van der Waals surface area (Å²) in [6.07, 6.45) is 1.68. The smallest absolute Gasteiger partial charge is 0.138 e. The largest absolute Gasteiger partial charge is 0.398 e. The summed E-state index contributed by atoms with van der Waals surface area (Å²) >= 11 is 11.7. The Kier molecular flexibility index (Phi) is 5.38. The lowest BCUT2D eigenvalue weighted by Gasteiger charge is -2.07. The van der Waals surface area contributed by atoms with Gasteiger partial charge in [-0.05, 0) is 25.1 Å². The Morgan fingerprint density at radius 2 is 1.78 bits per heavy atom. The average molecular weight is 284 g/mol. The van der Waals surface area contributed by atoms with E-state index in [-0.39, 0.29) is 0 Å². The van der Waals surface area contributed by atoms with Gasteiger partial charge in [-0.25, -0.2) is 4.98 Å². The Morgan fingerprint density at radius 1 is 1.11 bits per heavy atom. The number of aryl methyl sites for hydroxylation is 1. The van der Waals surface area contributed by atoms with E-state index in [9.17, 15) is 0 Å². The number of anilines is 1. The molecule has 2 heterocycles. The zero-order valence-corrected chi connectivity index (χ0v) is 12.0. The van der Waals surface area contributed by atoms with Gasteiger partial charge in [-0.2, -0.15) is 0 Å². The van der Waals surface area contributed by atoms with Gasteiger partial charge in [0.15, 0.2) is 0 Å². The molecule has 0 bridgehead atoms. The van der Waals surface area contributed by atoms with Crippen molar-refractivity contribution >= 4 is 28.9 Å². The Hall–Kier alpha value is -1.32. The summed E-state index contributed by atoms with van der Waals surface area (Å²) in [6.45, 7) is 5.88. The van der Waals surface area contributed by atoms with Gasteiger partial charge in [0.05, 0.1) is 0 Å². The number of halogens is 2. The standard InChI is InChI=1S/C11H9Cl2N3.C2H6/c1-6-4-9(14)8(5-15-6)7-2-3-10(12)16-11(7)13;1-2/h2-5H,1H3,(H2,14,15);1-2H3. The first-order chi connectivity index (χ1) is 8.58. The van der Waals surface area contributed by atoms with Crippen LogP contribution in [0.25, 0.3) is 11.1 Å². The van der Waals surface area contributed by atoms with Gasteiger partial charge in [0.1, 0.15) is 10.3 Å². The fraction of sp³-hybridized carbons (Fsp3) is 0.231. The molecule has 2 aromatic rings. The lowest BCUT2D eigenvalue weighted by Crippen LogP contribution is -1.94. The molecule has 2 N–H and O–H groups in total. The molecule has 0 aliphatic heterocycles. The van der Waals surface area contributed by atoms with E-state index >= 15 is 0 Å². The van der Waals surface area contributed by atoms with E-state index in [1.165, 1.54) is 0 Å². The Balaban J connectivity index is 0.000000771. The number of pyridine rings is 2. The second kappa shape index (κ2) is 6.57. The molecule has 0 saturated carbocycles. The topological polar surface area (TPSA) is 51.8 Å². The number of hydrogen-bond acceptors (Lipinski definition) is 3. The van der Waals surface area contributed by atoms with Crippen LogP contribution >= 0.6 is 23.2 Å². The number of nitrogens with two attached hydrogens (primary N) is 1. The van der Waals surface area contributed by atoms with E-state index in [1.54, 1.807) is 24.4 Å². The molecule has 0 aromatic carbocycles. The lowest BCUT2D eigenvalue weighted by atomic mass is 10.1. The highest BCUT2D eigenvalue weighted by Crippen LogP contribution is 2.31. The van der Waals surface area contributed by atoms with Crippen LogP contribution in [0.4, 0.5) is 5.69 Å². The normalized spacial score (nSPS) is 9.61. The van der Waals surface area contributed by atoms with Crippen molar-refractivity contribution in [2.45, 2.75) is 20.8 Å². The third kappa shape index (κ3) is 3.34. The highest BCUT2D eigenvalue weighted by Gasteiger charge is 2.09. The van der Waals surface area contributed by atoms with Crippen LogP contribution in [0, 0.1) is 6.92 Å². The van der Waals surface area contributed by atoms with Gasteiger partial charge in [0, 0.05) is 28.7 Å². The van der Waals surface area contributed by atoms with E-state index < -0.39 is 0 Å². The minimum Gasteiger partial charge on any atom is -0.398 e. The molecule has 0 fully saturated rings. The maximum atomic E-state index is 6.00. The van der Waals surface area contributed by atoms with E-state index in [2.05, 4.69) is 9.97 Å². The van der Waals surface area contributed by atoms with Crippen LogP contribution in [0.15, 0.2) is 24.4 Å². The molecule has 2 aromatic heterocycles. The van der Waals surface area contributed by atoms with Gasteiger partial charge in [-0.3, -0.25) is 4.98 Å². The summed E-state index contributed by atoms with van der Waals surface area (Å²) in [7, 11) is 0. The second-order valence-corrected chi connectivity index (χ2v) is 4.13. The van der Waals surface area contributed by atoms with E-state index in [0.717, 1.165) is 16.8 Å². The van der Waals surface area contributed by atoms with Crippen LogP contribution in [0.2, 0.25) is 10.3 Å². The molecule has 2 rings (SSSR count). The van der Waals surface area contributed by atoms with Gasteiger partial charge in [-0.1, -0.05) is 37.0 Å². The number of nitrogens with zero attached hydrogens (tertiary/aromatic N) is 2. The van der Waals surface area contributed by atoms with Crippen LogP contribution in [0.3, 0.4) is 0 Å². The van der Waals surface area contributed by atoms with Crippen LogP contribution in [0.5, 0.6) is 0 Å². The monoisotopic (exact) mass is 283 g/mol. The SMILES string of the molecule is CC.Cc1cc(N)c(-c2ccc(Cl)nc2Cl)cn1. The molecule has 0 amide bonds. The fourth-order valence-electron chi connectivity index (χ4n) is 1.42. The van der Waals surface area contributed by atoms with Crippen molar-refractivity contribution in [3.8, 4) is 11.1 Å². The van der Waals surface area contributed by atoms with Crippen molar-refractivity contribution < 1.29 is 0 Å². The fourth-order valence-corrected chi connectivity index (χ4v) is 1.87. The van der Waals surface area contributed by atoms with E-state index in [0.29, 0.717) is 16.0 Å². The highest BCUT2D eigenvalue weighted by molar-refractivity contribution is 6.34. The Morgan fingerprint density at radius 3 is 2.33 bits per heavy atom. The Bertz CT molecular complexity index is 492. The first-order valence-corrected chi connectivity index (χ1v) is 6.38. The van der Waals surface area contributed by atoms with Gasteiger partial charge >= 0.3 is 0 Å². The van der Waals surface area contributed by atoms with Gasteiger partial charge < -0.3 is 5.73 Å². The number of hydrogen-bond donors (Lipinski definition) is 1. The second-order valence-electron chi connectivity index (χ2n) is 3.39. The first kappa shape index (κ1) is 14.7. The van der Waals surface area contributed by atoms with Crippen molar-refractivity contribution in [1.82, 2.24) is 9.97 Å². The molecule has 0 saturated heterocycles. The number of aromatic nitrogens is 2. The molecule has 0 aliphatic carbocycles. The summed E-state index contributed by atoms with van der Waals surface area (Å²) < 4.78 is 0. The molecule has 18 heavy (non-hydrogen) atoms. The van der Waals surface area contributed by atoms with Gasteiger partial charge in [0.2, 0.25) is 0 Å². The third-order valence-corrected chi connectivity index (χ3v) is 2.68. The van der Waals surface area contributed by atoms with E-state index in [4.69, 9.17) is 28.9 Å². The predicted molar refractivity (Wildman–Crippen MR) is 78.0 cm³/mol. The average Bonchev–Trinajstić information content (AvgIpc) is 2.33. The highest BCUT2D eigenvalue weighted by atomic mass is 35.5. The van der Waals surface area contributed by atoms with Crippen molar-refractivity contribution in [2.24, 2.45) is 0 Å². The van der Waals surface area contributed by atoms with Gasteiger partial charge in [0.25, 0.3) is 0 Å². The Labute approximate surface area is 117 Å². The van der Waals surface area contributed by atoms with Crippen LogP contribution in [-0.2, 0) is 0 Å². The third-order valence-electron chi connectivity index (χ3n) is 2.18. The van der Waals surface area contributed by atoms with Crippen molar-refractivity contribution in [2.75, 3.05) is 5.73 Å². The molecular weight excluding hydrogens is 269 g/mol. The van der Waals surface area contributed by atoms with Gasteiger partial charge in [-0.15, -0.1) is 0 Å². The predicted octanol–water partition coefficient (Wildman–Crippen LogP) is 4.37. The molecule has 0 radical (unpaired) electrons. The summed E-state index contributed by atoms with van der Waals surface area (Å²) in [4.78, 5) is 8.14. The van der Waals surface area contributed by atoms with E-state index in [1.807, 2.05) is 20.8 Å². The molecular formula is C13H15Cl2N3. The molecule has 0 unspecified atom stereocenters. The quantitative estimate of drug-likeness (QED) is 0.791. The zero-order valence-electron chi connectivity index (χ0n) is 10.5. The molecule has 5 heteroatoms. The molecule has 0 aliphatic rings. The maximum absolute atomic E-state index is 6.00. The van der Waals surface area contributed by atoms with Crippen molar-refractivity contribution in [3.05, 3.63) is 40.4 Å². The first-order valence-electron chi connectivity index (χ1n) is 5.62. The minimum atomic E-state index is 0.324. The summed E-state index contributed by atoms with van der Waals surface area (Å²) in [6, 6.07) is 5.24. The minimum absolute atomic E-state index is 0.324. The van der Waals surface area contributed by atoms with Crippen molar-refractivity contribution in [1.29, 1.82) is 0 Å². The zero-order chi connectivity index (χ0) is 13.7. The van der Waals surface area contributed by atoms with Crippen LogP contribution < -0.4 is 5.73 Å². The lowest BCUT2D eigenvalue weighted by molar-refractivity contribution is 1.20. The summed E-state index contributed by atoms with van der Waals surface area (Å²) in [5.41, 5.74) is 8.88. The van der Waals surface area contributed by atoms with Crippen LogP contribution in [-0.4, -0.2) is 9.97 Å².